The van der Waals surface area contributed by atoms with E-state index in [1.807, 2.05) is 18.3 Å². The van der Waals surface area contributed by atoms with Gasteiger partial charge in [-0.3, -0.25) is 14.6 Å². The molecule has 1 amide bonds. The normalized spacial score (nSPS) is 19.4. The number of rotatable bonds is 5. The lowest BCUT2D eigenvalue weighted by atomic mass is 9.73. The fraction of sp³-hybridized carbons (Fsp3) is 0.370. The number of nitrogens with one attached hydrogen (secondary N) is 1. The third kappa shape index (κ3) is 4.16. The Hall–Kier alpha value is -3.32. The highest BCUT2D eigenvalue weighted by Crippen LogP contribution is 2.43. The molecule has 7 heteroatoms. The number of benzene rings is 2. The molecule has 0 unspecified atom stereocenters. The molecule has 0 saturated heterocycles. The summed E-state index contributed by atoms with van der Waals surface area (Å²) in [7, 11) is 3.06. The van der Waals surface area contributed by atoms with Crippen LogP contribution in [0.2, 0.25) is 0 Å². The molecule has 2 aromatic carbocycles. The van der Waals surface area contributed by atoms with Crippen LogP contribution in [-0.4, -0.2) is 40.1 Å². The second-order valence-corrected chi connectivity index (χ2v) is 9.30. The second-order valence-electron chi connectivity index (χ2n) is 9.30. The third-order valence-corrected chi connectivity index (χ3v) is 7.39. The van der Waals surface area contributed by atoms with Crippen molar-refractivity contribution in [3.63, 3.8) is 0 Å². The highest BCUT2D eigenvalue weighted by Gasteiger charge is 2.29. The molecule has 0 aliphatic heterocycles. The van der Waals surface area contributed by atoms with Crippen LogP contribution >= 0.6 is 0 Å². The van der Waals surface area contributed by atoms with E-state index in [1.165, 1.54) is 23.8 Å². The van der Waals surface area contributed by atoms with Crippen molar-refractivity contribution < 1.29 is 14.0 Å². The second kappa shape index (κ2) is 9.14. The van der Waals surface area contributed by atoms with Crippen LogP contribution in [0.1, 0.15) is 66.2 Å². The Morgan fingerprint density at radius 1 is 1.12 bits per heavy atom. The van der Waals surface area contributed by atoms with Crippen molar-refractivity contribution in [3.05, 3.63) is 71.4 Å². The fourth-order valence-electron chi connectivity index (χ4n) is 5.29. The number of carbonyl (C=O) groups excluding carboxylic acids is 1. The van der Waals surface area contributed by atoms with Gasteiger partial charge in [-0.15, -0.1) is 0 Å². The first kappa shape index (κ1) is 22.5. The van der Waals surface area contributed by atoms with Crippen molar-refractivity contribution in [3.8, 4) is 0 Å². The maximum absolute atomic E-state index is 13.9. The van der Waals surface area contributed by atoms with E-state index in [4.69, 9.17) is 9.82 Å². The standard InChI is InChI=1S/C27H29FN4O2/c1-16(26-30-24-10-8-19(14-25(24)31-26)27(33)32(2)34-3)17-4-6-18(7-5-17)21-12-13-29-23-11-9-20(28)15-22(21)23/h8-18H,4-7H2,1-3H3,(H,30,31)/t16-,17?,18?/m1/s1. The number of imidazole rings is 1. The van der Waals surface area contributed by atoms with Gasteiger partial charge in [-0.1, -0.05) is 6.92 Å². The zero-order valence-corrected chi connectivity index (χ0v) is 19.7. The van der Waals surface area contributed by atoms with Gasteiger partial charge in [0.05, 0.1) is 23.7 Å². The zero-order valence-electron chi connectivity index (χ0n) is 19.7. The lowest BCUT2D eigenvalue weighted by Crippen LogP contribution is -2.25. The summed E-state index contributed by atoms with van der Waals surface area (Å²) >= 11 is 0. The summed E-state index contributed by atoms with van der Waals surface area (Å²) in [5.74, 6) is 1.75. The van der Waals surface area contributed by atoms with Crippen LogP contribution in [0.25, 0.3) is 21.9 Å². The summed E-state index contributed by atoms with van der Waals surface area (Å²) in [5.41, 5.74) is 4.33. The minimum atomic E-state index is -0.215. The highest BCUT2D eigenvalue weighted by atomic mass is 19.1. The van der Waals surface area contributed by atoms with E-state index >= 15 is 0 Å². The minimum Gasteiger partial charge on any atom is -0.342 e. The maximum atomic E-state index is 13.9. The molecule has 34 heavy (non-hydrogen) atoms. The Labute approximate surface area is 198 Å². The van der Waals surface area contributed by atoms with Crippen LogP contribution in [0.4, 0.5) is 4.39 Å². The third-order valence-electron chi connectivity index (χ3n) is 7.39. The van der Waals surface area contributed by atoms with E-state index in [-0.39, 0.29) is 17.6 Å². The summed E-state index contributed by atoms with van der Waals surface area (Å²) in [6.07, 6.45) is 6.14. The molecule has 1 fully saturated rings. The number of pyridine rings is 1. The molecule has 0 bridgehead atoms. The fourth-order valence-corrected chi connectivity index (χ4v) is 5.29. The number of aromatic amines is 1. The molecule has 1 saturated carbocycles. The molecule has 0 spiro atoms. The van der Waals surface area contributed by atoms with Gasteiger partial charge >= 0.3 is 0 Å². The molecule has 0 radical (unpaired) electrons. The predicted octanol–water partition coefficient (Wildman–Crippen LogP) is 5.96. The number of nitrogens with zero attached hydrogens (tertiary/aromatic N) is 3. The van der Waals surface area contributed by atoms with Gasteiger partial charge in [0.2, 0.25) is 0 Å². The Balaban J connectivity index is 1.31. The molecule has 176 valence electrons. The first-order chi connectivity index (χ1) is 16.4. The van der Waals surface area contributed by atoms with Crippen molar-refractivity contribution in [1.29, 1.82) is 0 Å². The molecular weight excluding hydrogens is 431 g/mol. The van der Waals surface area contributed by atoms with Crippen molar-refractivity contribution in [1.82, 2.24) is 20.0 Å². The number of H-pyrrole nitrogens is 1. The van der Waals surface area contributed by atoms with Gasteiger partial charge in [0, 0.05) is 30.1 Å². The molecular formula is C27H29FN4O2. The largest absolute Gasteiger partial charge is 0.342 e. The summed E-state index contributed by atoms with van der Waals surface area (Å²) in [6.45, 7) is 2.23. The Morgan fingerprint density at radius 3 is 2.65 bits per heavy atom. The number of halogens is 1. The first-order valence-corrected chi connectivity index (χ1v) is 11.8. The van der Waals surface area contributed by atoms with Gasteiger partial charge in [0.25, 0.3) is 5.91 Å². The van der Waals surface area contributed by atoms with E-state index < -0.39 is 0 Å². The monoisotopic (exact) mass is 460 g/mol. The summed E-state index contributed by atoms with van der Waals surface area (Å²) < 4.78 is 13.9. The Kier molecular flexibility index (Phi) is 6.04. The number of hydrogen-bond acceptors (Lipinski definition) is 4. The maximum Gasteiger partial charge on any atom is 0.277 e. The van der Waals surface area contributed by atoms with Gasteiger partial charge in [0.15, 0.2) is 0 Å². The number of carbonyl (C=O) groups is 1. The number of hydrogen-bond donors (Lipinski definition) is 1. The summed E-state index contributed by atoms with van der Waals surface area (Å²) in [6, 6.07) is 12.4. The molecule has 1 atom stereocenters. The van der Waals surface area contributed by atoms with Gasteiger partial charge in [-0.2, -0.15) is 0 Å². The lowest BCUT2D eigenvalue weighted by molar-refractivity contribution is -0.0756. The molecule has 2 heterocycles. The van der Waals surface area contributed by atoms with Crippen LogP contribution in [0.5, 0.6) is 0 Å². The Morgan fingerprint density at radius 2 is 1.88 bits per heavy atom. The number of amides is 1. The van der Waals surface area contributed by atoms with E-state index in [2.05, 4.69) is 23.0 Å². The van der Waals surface area contributed by atoms with Crippen molar-refractivity contribution in [2.45, 2.75) is 44.4 Å². The van der Waals surface area contributed by atoms with Gasteiger partial charge in [-0.25, -0.2) is 14.4 Å². The average molecular weight is 461 g/mol. The van der Waals surface area contributed by atoms with Gasteiger partial charge < -0.3 is 4.98 Å². The summed E-state index contributed by atoms with van der Waals surface area (Å²) in [5, 5.41) is 2.14. The zero-order chi connectivity index (χ0) is 23.8. The smallest absolute Gasteiger partial charge is 0.277 e. The molecule has 1 aliphatic carbocycles. The summed E-state index contributed by atoms with van der Waals surface area (Å²) in [4.78, 5) is 30.1. The van der Waals surface area contributed by atoms with E-state index in [9.17, 15) is 9.18 Å². The van der Waals surface area contributed by atoms with E-state index in [0.717, 1.165) is 53.4 Å². The van der Waals surface area contributed by atoms with Crippen molar-refractivity contribution in [2.24, 2.45) is 5.92 Å². The molecule has 1 aliphatic rings. The van der Waals surface area contributed by atoms with Crippen molar-refractivity contribution in [2.75, 3.05) is 14.2 Å². The van der Waals surface area contributed by atoms with Crippen LogP contribution in [0, 0.1) is 11.7 Å². The lowest BCUT2D eigenvalue weighted by Gasteiger charge is -2.32. The van der Waals surface area contributed by atoms with Crippen LogP contribution in [-0.2, 0) is 4.84 Å². The van der Waals surface area contributed by atoms with Crippen molar-refractivity contribution >= 4 is 27.8 Å². The molecule has 1 N–H and O–H groups in total. The van der Waals surface area contributed by atoms with Crippen LogP contribution in [0.3, 0.4) is 0 Å². The molecule has 6 nitrogen and oxygen atoms in total. The molecule has 5 rings (SSSR count). The first-order valence-electron chi connectivity index (χ1n) is 11.8. The average Bonchev–Trinajstić information content (AvgIpc) is 3.30. The van der Waals surface area contributed by atoms with E-state index in [1.54, 1.807) is 25.2 Å². The number of fused-ring (bicyclic) bond motifs is 2. The quantitative estimate of drug-likeness (QED) is 0.373. The number of aromatic nitrogens is 3. The minimum absolute atomic E-state index is 0.199. The van der Waals surface area contributed by atoms with Crippen LogP contribution in [0.15, 0.2) is 48.7 Å². The van der Waals surface area contributed by atoms with Gasteiger partial charge in [0.1, 0.15) is 11.6 Å². The topological polar surface area (TPSA) is 71.1 Å². The molecule has 2 aromatic heterocycles. The number of hydroxylamine groups is 2. The van der Waals surface area contributed by atoms with E-state index in [0.29, 0.717) is 17.4 Å². The van der Waals surface area contributed by atoms with Crippen LogP contribution < -0.4 is 0 Å². The molecule has 4 aromatic rings. The SMILES string of the molecule is CON(C)C(=O)c1ccc2nc([C@H](C)C3CCC(c4ccnc5ccc(F)cc45)CC3)[nH]c2c1. The Bertz CT molecular complexity index is 1340. The van der Waals surface area contributed by atoms with Gasteiger partial charge in [-0.05, 0) is 85.5 Å². The predicted molar refractivity (Wildman–Crippen MR) is 130 cm³/mol. The highest BCUT2D eigenvalue weighted by molar-refractivity contribution is 5.96.